The number of nitrogens with one attached hydrogen (secondary N) is 1. The summed E-state index contributed by atoms with van der Waals surface area (Å²) < 4.78 is 0. The molecule has 0 fully saturated rings. The number of nitrogens with zero attached hydrogens (tertiary/aromatic N) is 1. The Morgan fingerprint density at radius 1 is 1.28 bits per heavy atom. The van der Waals surface area contributed by atoms with Gasteiger partial charge in [0.2, 0.25) is 0 Å². The summed E-state index contributed by atoms with van der Waals surface area (Å²) in [7, 11) is 2.13. The zero-order chi connectivity index (χ0) is 13.4. The summed E-state index contributed by atoms with van der Waals surface area (Å²) in [6.07, 6.45) is 3.04. The lowest BCUT2D eigenvalue weighted by molar-refractivity contribution is 0.362. The average Bonchev–Trinajstić information content (AvgIpc) is 2.31. The van der Waals surface area contributed by atoms with Crippen molar-refractivity contribution in [2.75, 3.05) is 20.1 Å². The number of hydrogen-bond acceptors (Lipinski definition) is 2. The van der Waals surface area contributed by atoms with Gasteiger partial charge in [-0.25, -0.2) is 0 Å². The largest absolute Gasteiger partial charge is 0.314 e. The predicted molar refractivity (Wildman–Crippen MR) is 79.8 cm³/mol. The van der Waals surface area contributed by atoms with Gasteiger partial charge in [0.25, 0.3) is 0 Å². The summed E-state index contributed by atoms with van der Waals surface area (Å²) in [6.45, 7) is 11.1. The van der Waals surface area contributed by atoms with Crippen molar-refractivity contribution in [3.05, 3.63) is 48.0 Å². The highest BCUT2D eigenvalue weighted by Crippen LogP contribution is 2.11. The Hall–Kier alpha value is -1.12. The van der Waals surface area contributed by atoms with Gasteiger partial charge in [-0.3, -0.25) is 4.90 Å². The Balaban J connectivity index is 2.58. The van der Waals surface area contributed by atoms with E-state index in [9.17, 15) is 0 Å². The van der Waals surface area contributed by atoms with E-state index in [0.717, 1.165) is 26.1 Å². The average molecular weight is 246 g/mol. The molecule has 2 heteroatoms. The lowest BCUT2D eigenvalue weighted by Gasteiger charge is -2.17. The summed E-state index contributed by atoms with van der Waals surface area (Å²) in [6, 6.07) is 9.27. The summed E-state index contributed by atoms with van der Waals surface area (Å²) >= 11 is 0. The maximum absolute atomic E-state index is 3.78. The molecule has 0 spiro atoms. The molecule has 18 heavy (non-hydrogen) atoms. The van der Waals surface area contributed by atoms with E-state index in [4.69, 9.17) is 0 Å². The molecule has 0 radical (unpaired) electrons. The van der Waals surface area contributed by atoms with Crippen LogP contribution in [-0.2, 0) is 13.0 Å². The van der Waals surface area contributed by atoms with Gasteiger partial charge in [-0.2, -0.15) is 0 Å². The highest BCUT2D eigenvalue weighted by Gasteiger charge is 2.04. The van der Waals surface area contributed by atoms with Crippen LogP contribution in [0.4, 0.5) is 0 Å². The minimum absolute atomic E-state index is 0.556. The molecule has 0 saturated carbocycles. The molecule has 0 aliphatic carbocycles. The molecular formula is C16H26N2. The smallest absolute Gasteiger partial charge is 0.0236 e. The second-order valence-electron chi connectivity index (χ2n) is 5.11. The van der Waals surface area contributed by atoms with Crippen LogP contribution < -0.4 is 5.32 Å². The fourth-order valence-electron chi connectivity index (χ4n) is 2.03. The minimum Gasteiger partial charge on any atom is -0.314 e. The van der Waals surface area contributed by atoms with Crippen LogP contribution in [-0.4, -0.2) is 31.1 Å². The molecule has 0 aromatic heterocycles. The SMILES string of the molecule is C=CCN(C)Cc1ccccc1CCNC(C)C. The molecule has 1 aromatic rings. The zero-order valence-electron chi connectivity index (χ0n) is 11.9. The van der Waals surface area contributed by atoms with Crippen LogP contribution in [0.25, 0.3) is 0 Å². The second kappa shape index (κ2) is 8.06. The highest BCUT2D eigenvalue weighted by molar-refractivity contribution is 5.27. The first kappa shape index (κ1) is 14.9. The standard InChI is InChI=1S/C16H26N2/c1-5-12-18(4)13-16-9-7-6-8-15(16)10-11-17-14(2)3/h5-9,14,17H,1,10-13H2,2-4H3. The predicted octanol–water partition coefficient (Wildman–Crippen LogP) is 2.84. The normalized spacial score (nSPS) is 11.2. The molecule has 0 amide bonds. The summed E-state index contributed by atoms with van der Waals surface area (Å²) in [5.74, 6) is 0. The van der Waals surface area contributed by atoms with Gasteiger partial charge in [0.1, 0.15) is 0 Å². The van der Waals surface area contributed by atoms with Crippen molar-refractivity contribution < 1.29 is 0 Å². The van der Waals surface area contributed by atoms with Crippen molar-refractivity contribution >= 4 is 0 Å². The molecule has 0 atom stereocenters. The van der Waals surface area contributed by atoms with Crippen molar-refractivity contribution in [3.8, 4) is 0 Å². The van der Waals surface area contributed by atoms with Crippen LogP contribution in [0.2, 0.25) is 0 Å². The fraction of sp³-hybridized carbons (Fsp3) is 0.500. The van der Waals surface area contributed by atoms with Crippen LogP contribution in [0, 0.1) is 0 Å². The van der Waals surface area contributed by atoms with Crippen LogP contribution in [0.3, 0.4) is 0 Å². The third-order valence-corrected chi connectivity index (χ3v) is 2.95. The number of hydrogen-bond donors (Lipinski definition) is 1. The van der Waals surface area contributed by atoms with Crippen molar-refractivity contribution in [2.24, 2.45) is 0 Å². The quantitative estimate of drug-likeness (QED) is 0.710. The topological polar surface area (TPSA) is 15.3 Å². The van der Waals surface area contributed by atoms with Gasteiger partial charge in [-0.05, 0) is 31.1 Å². The minimum atomic E-state index is 0.556. The van der Waals surface area contributed by atoms with E-state index >= 15 is 0 Å². The number of likely N-dealkylation sites (N-methyl/N-ethyl adjacent to an activating group) is 1. The van der Waals surface area contributed by atoms with E-state index < -0.39 is 0 Å². The Bertz CT molecular complexity index is 358. The van der Waals surface area contributed by atoms with E-state index in [1.54, 1.807) is 0 Å². The number of benzene rings is 1. The maximum Gasteiger partial charge on any atom is 0.0236 e. The summed E-state index contributed by atoms with van der Waals surface area (Å²) in [5, 5.41) is 3.47. The molecule has 1 rings (SSSR count). The summed E-state index contributed by atoms with van der Waals surface area (Å²) in [5.41, 5.74) is 2.87. The van der Waals surface area contributed by atoms with E-state index in [1.807, 2.05) is 6.08 Å². The third kappa shape index (κ3) is 5.48. The fourth-order valence-corrected chi connectivity index (χ4v) is 2.03. The van der Waals surface area contributed by atoms with Crippen LogP contribution in [0.15, 0.2) is 36.9 Å². The zero-order valence-corrected chi connectivity index (χ0v) is 11.9. The molecule has 0 heterocycles. The van der Waals surface area contributed by atoms with E-state index in [1.165, 1.54) is 11.1 Å². The summed E-state index contributed by atoms with van der Waals surface area (Å²) in [4.78, 5) is 2.28. The van der Waals surface area contributed by atoms with E-state index in [-0.39, 0.29) is 0 Å². The molecule has 0 aliphatic heterocycles. The molecule has 2 nitrogen and oxygen atoms in total. The first-order valence-corrected chi connectivity index (χ1v) is 6.73. The maximum atomic E-state index is 3.78. The van der Waals surface area contributed by atoms with Crippen LogP contribution in [0.1, 0.15) is 25.0 Å². The van der Waals surface area contributed by atoms with Crippen LogP contribution >= 0.6 is 0 Å². The van der Waals surface area contributed by atoms with Crippen molar-refractivity contribution in [2.45, 2.75) is 32.9 Å². The molecule has 1 aromatic carbocycles. The third-order valence-electron chi connectivity index (χ3n) is 2.95. The Kier molecular flexibility index (Phi) is 6.69. The molecular weight excluding hydrogens is 220 g/mol. The van der Waals surface area contributed by atoms with Gasteiger partial charge < -0.3 is 5.32 Å². The van der Waals surface area contributed by atoms with Gasteiger partial charge >= 0.3 is 0 Å². The van der Waals surface area contributed by atoms with Crippen molar-refractivity contribution in [1.82, 2.24) is 10.2 Å². The monoisotopic (exact) mass is 246 g/mol. The molecule has 100 valence electrons. The number of rotatable bonds is 8. The first-order chi connectivity index (χ1) is 8.63. The van der Waals surface area contributed by atoms with Gasteiger partial charge in [0.05, 0.1) is 0 Å². The van der Waals surface area contributed by atoms with E-state index in [0.29, 0.717) is 6.04 Å². The van der Waals surface area contributed by atoms with Gasteiger partial charge in [0.15, 0.2) is 0 Å². The molecule has 0 aliphatic rings. The van der Waals surface area contributed by atoms with Gasteiger partial charge in [-0.1, -0.05) is 44.2 Å². The Morgan fingerprint density at radius 3 is 2.56 bits per heavy atom. The van der Waals surface area contributed by atoms with Crippen molar-refractivity contribution in [1.29, 1.82) is 0 Å². The molecule has 1 N–H and O–H groups in total. The lowest BCUT2D eigenvalue weighted by Crippen LogP contribution is -2.25. The Labute approximate surface area is 112 Å². The highest BCUT2D eigenvalue weighted by atomic mass is 15.1. The van der Waals surface area contributed by atoms with E-state index in [2.05, 4.69) is 62.0 Å². The van der Waals surface area contributed by atoms with Gasteiger partial charge in [0, 0.05) is 19.1 Å². The molecule has 0 saturated heterocycles. The van der Waals surface area contributed by atoms with Crippen LogP contribution in [0.5, 0.6) is 0 Å². The first-order valence-electron chi connectivity index (χ1n) is 6.73. The van der Waals surface area contributed by atoms with Gasteiger partial charge in [-0.15, -0.1) is 6.58 Å². The molecule has 0 unspecified atom stereocenters. The van der Waals surface area contributed by atoms with Crippen molar-refractivity contribution in [3.63, 3.8) is 0 Å². The molecule has 0 bridgehead atoms. The second-order valence-corrected chi connectivity index (χ2v) is 5.11. The Morgan fingerprint density at radius 2 is 1.94 bits per heavy atom. The lowest BCUT2D eigenvalue weighted by atomic mass is 10.0.